The summed E-state index contributed by atoms with van der Waals surface area (Å²) in [7, 11) is 6.18. The molecule has 1 atom stereocenters. The van der Waals surface area contributed by atoms with Crippen molar-refractivity contribution in [3.63, 3.8) is 0 Å². The molecule has 0 aliphatic carbocycles. The maximum Gasteiger partial charge on any atom is 0.203 e. The van der Waals surface area contributed by atoms with Crippen LogP contribution in [-0.2, 0) is 6.54 Å². The average Bonchev–Trinajstić information content (AvgIpc) is 2.64. The van der Waals surface area contributed by atoms with Crippen molar-refractivity contribution in [1.29, 1.82) is 0 Å². The third-order valence-electron chi connectivity index (χ3n) is 4.01. The Bertz CT molecular complexity index is 696. The zero-order chi connectivity index (χ0) is 18.4. The smallest absolute Gasteiger partial charge is 0.203 e. The van der Waals surface area contributed by atoms with Crippen LogP contribution in [0, 0.1) is 5.82 Å². The van der Waals surface area contributed by atoms with Crippen molar-refractivity contribution in [1.82, 2.24) is 5.32 Å². The summed E-state index contributed by atoms with van der Waals surface area (Å²) in [4.78, 5) is 0. The van der Waals surface area contributed by atoms with Gasteiger partial charge in [-0.1, -0.05) is 6.07 Å². The number of nitrogens with one attached hydrogen (secondary N) is 1. The van der Waals surface area contributed by atoms with E-state index >= 15 is 0 Å². The lowest BCUT2D eigenvalue weighted by Gasteiger charge is -2.17. The first-order chi connectivity index (χ1) is 12.0. The summed E-state index contributed by atoms with van der Waals surface area (Å²) >= 11 is 0. The lowest BCUT2D eigenvalue weighted by atomic mass is 10.1. The monoisotopic (exact) mass is 349 g/mol. The van der Waals surface area contributed by atoms with Gasteiger partial charge in [-0.15, -0.1) is 0 Å². The van der Waals surface area contributed by atoms with Crippen LogP contribution in [0.25, 0.3) is 0 Å². The molecule has 0 radical (unpaired) electrons. The highest BCUT2D eigenvalue weighted by molar-refractivity contribution is 5.53. The van der Waals surface area contributed by atoms with Crippen LogP contribution >= 0.6 is 0 Å². The molecule has 0 bridgehead atoms. The van der Waals surface area contributed by atoms with Crippen molar-refractivity contribution < 1.29 is 23.3 Å². The molecule has 0 saturated carbocycles. The van der Waals surface area contributed by atoms with Crippen molar-refractivity contribution in [3.8, 4) is 23.0 Å². The Balaban J connectivity index is 2.13. The minimum Gasteiger partial charge on any atom is -0.494 e. The van der Waals surface area contributed by atoms with Gasteiger partial charge in [0.25, 0.3) is 0 Å². The van der Waals surface area contributed by atoms with Gasteiger partial charge in [0.05, 0.1) is 28.4 Å². The average molecular weight is 349 g/mol. The quantitative estimate of drug-likeness (QED) is 0.787. The lowest BCUT2D eigenvalue weighted by Crippen LogP contribution is -2.18. The number of methoxy groups -OCH3 is 4. The van der Waals surface area contributed by atoms with Gasteiger partial charge in [0.1, 0.15) is 0 Å². The second kappa shape index (κ2) is 8.58. The van der Waals surface area contributed by atoms with E-state index in [1.54, 1.807) is 27.4 Å². The van der Waals surface area contributed by atoms with Gasteiger partial charge in [0.15, 0.2) is 23.1 Å². The molecule has 2 rings (SSSR count). The topological polar surface area (TPSA) is 49.0 Å². The predicted octanol–water partition coefficient (Wildman–Crippen LogP) is 3.71. The number of hydrogen-bond donors (Lipinski definition) is 1. The molecule has 2 aromatic carbocycles. The van der Waals surface area contributed by atoms with Gasteiger partial charge in [-0.25, -0.2) is 4.39 Å². The van der Waals surface area contributed by atoms with Gasteiger partial charge < -0.3 is 24.3 Å². The van der Waals surface area contributed by atoms with Gasteiger partial charge in [0.2, 0.25) is 5.75 Å². The van der Waals surface area contributed by atoms with Gasteiger partial charge >= 0.3 is 0 Å². The zero-order valence-electron chi connectivity index (χ0n) is 15.2. The van der Waals surface area contributed by atoms with Crippen molar-refractivity contribution in [3.05, 3.63) is 47.3 Å². The number of rotatable bonds is 8. The van der Waals surface area contributed by atoms with E-state index in [4.69, 9.17) is 18.9 Å². The van der Waals surface area contributed by atoms with Crippen LogP contribution in [0.15, 0.2) is 30.3 Å². The third kappa shape index (κ3) is 4.33. The summed E-state index contributed by atoms with van der Waals surface area (Å²) < 4.78 is 34.8. The first kappa shape index (κ1) is 18.9. The first-order valence-electron chi connectivity index (χ1n) is 7.89. The third-order valence-corrected chi connectivity index (χ3v) is 4.01. The molecule has 6 heteroatoms. The van der Waals surface area contributed by atoms with E-state index in [2.05, 4.69) is 5.32 Å². The van der Waals surface area contributed by atoms with E-state index in [0.717, 1.165) is 11.1 Å². The minimum absolute atomic E-state index is 0.0421. The van der Waals surface area contributed by atoms with E-state index in [-0.39, 0.29) is 17.6 Å². The van der Waals surface area contributed by atoms with Crippen LogP contribution in [0.4, 0.5) is 4.39 Å². The van der Waals surface area contributed by atoms with E-state index < -0.39 is 0 Å². The predicted molar refractivity (Wildman–Crippen MR) is 94.3 cm³/mol. The van der Waals surface area contributed by atoms with E-state index in [1.165, 1.54) is 13.2 Å². The highest BCUT2D eigenvalue weighted by Crippen LogP contribution is 2.38. The lowest BCUT2D eigenvalue weighted by molar-refractivity contribution is 0.323. The van der Waals surface area contributed by atoms with Crippen molar-refractivity contribution >= 4 is 0 Å². The molecule has 0 aliphatic rings. The number of halogens is 1. The number of hydrogen-bond acceptors (Lipinski definition) is 5. The summed E-state index contributed by atoms with van der Waals surface area (Å²) in [5, 5.41) is 3.36. The van der Waals surface area contributed by atoms with E-state index in [1.807, 2.05) is 25.1 Å². The Morgan fingerprint density at radius 1 is 0.880 bits per heavy atom. The van der Waals surface area contributed by atoms with Crippen molar-refractivity contribution in [2.45, 2.75) is 19.5 Å². The highest BCUT2D eigenvalue weighted by Gasteiger charge is 2.14. The molecule has 0 amide bonds. The Morgan fingerprint density at radius 3 is 1.96 bits per heavy atom. The normalized spacial score (nSPS) is 11.8. The van der Waals surface area contributed by atoms with E-state index in [0.29, 0.717) is 23.8 Å². The maximum absolute atomic E-state index is 13.9. The van der Waals surface area contributed by atoms with Crippen LogP contribution in [0.2, 0.25) is 0 Å². The molecule has 0 unspecified atom stereocenters. The Labute approximate surface area is 147 Å². The van der Waals surface area contributed by atoms with Gasteiger partial charge in [-0.3, -0.25) is 0 Å². The summed E-state index contributed by atoms with van der Waals surface area (Å²) in [5.41, 5.74) is 1.81. The largest absolute Gasteiger partial charge is 0.494 e. The molecule has 1 N–H and O–H groups in total. The molecule has 25 heavy (non-hydrogen) atoms. The van der Waals surface area contributed by atoms with Crippen LogP contribution in [0.3, 0.4) is 0 Å². The first-order valence-corrected chi connectivity index (χ1v) is 7.89. The van der Waals surface area contributed by atoms with Crippen LogP contribution in [-0.4, -0.2) is 28.4 Å². The second-order valence-corrected chi connectivity index (χ2v) is 5.53. The fourth-order valence-electron chi connectivity index (χ4n) is 2.58. The van der Waals surface area contributed by atoms with Gasteiger partial charge in [-0.2, -0.15) is 0 Å². The molecule has 5 nitrogen and oxygen atoms in total. The number of benzene rings is 2. The van der Waals surface area contributed by atoms with Crippen LogP contribution in [0.1, 0.15) is 24.1 Å². The van der Waals surface area contributed by atoms with Crippen molar-refractivity contribution in [2.24, 2.45) is 0 Å². The van der Waals surface area contributed by atoms with Crippen LogP contribution in [0.5, 0.6) is 23.0 Å². The fraction of sp³-hybridized carbons (Fsp3) is 0.368. The molecule has 0 aromatic heterocycles. The molecule has 0 saturated heterocycles. The zero-order valence-corrected chi connectivity index (χ0v) is 15.2. The Morgan fingerprint density at radius 2 is 1.48 bits per heavy atom. The molecule has 136 valence electrons. The number of ether oxygens (including phenoxy) is 4. The Kier molecular flexibility index (Phi) is 6.47. The molecular formula is C19H24FNO4. The molecule has 0 aliphatic heterocycles. The minimum atomic E-state index is -0.374. The summed E-state index contributed by atoms with van der Waals surface area (Å²) in [6, 6.07) is 8.67. The summed E-state index contributed by atoms with van der Waals surface area (Å²) in [5.74, 6) is 1.62. The van der Waals surface area contributed by atoms with E-state index in [9.17, 15) is 4.39 Å². The van der Waals surface area contributed by atoms with Gasteiger partial charge in [-0.05, 0) is 42.3 Å². The maximum atomic E-state index is 13.9. The molecule has 2 aromatic rings. The standard InChI is InChI=1S/C19H24FNO4/c1-12(14-6-7-16(22-2)15(20)10-14)21-11-13-8-17(23-3)19(25-5)18(9-13)24-4/h6-10,12,21H,11H2,1-5H3/t12-/m0/s1. The summed E-state index contributed by atoms with van der Waals surface area (Å²) in [6.45, 7) is 2.53. The summed E-state index contributed by atoms with van der Waals surface area (Å²) in [6.07, 6.45) is 0. The molecule has 0 fully saturated rings. The van der Waals surface area contributed by atoms with Crippen molar-refractivity contribution in [2.75, 3.05) is 28.4 Å². The molecule has 0 heterocycles. The molecule has 0 spiro atoms. The molecular weight excluding hydrogens is 325 g/mol. The highest BCUT2D eigenvalue weighted by atomic mass is 19.1. The van der Waals surface area contributed by atoms with Crippen LogP contribution < -0.4 is 24.3 Å². The Hall–Kier alpha value is -2.47. The SMILES string of the molecule is COc1ccc([C@H](C)NCc2cc(OC)c(OC)c(OC)c2)cc1F. The van der Waals surface area contributed by atoms with Gasteiger partial charge in [0, 0.05) is 12.6 Å². The fourth-order valence-corrected chi connectivity index (χ4v) is 2.58. The second-order valence-electron chi connectivity index (χ2n) is 5.53.